The molecule has 0 unspecified atom stereocenters. The molecule has 0 aliphatic carbocycles. The SMILES string of the molecule is COc1ccccc1C(=O)N[C@H](NC(=S)Nc1ccc(C(C)=O)cc1)C(Cl)(Cl)Cl. The van der Waals surface area contributed by atoms with Crippen molar-refractivity contribution in [3.8, 4) is 5.75 Å². The summed E-state index contributed by atoms with van der Waals surface area (Å²) in [5.41, 5.74) is 1.46. The zero-order chi connectivity index (χ0) is 21.6. The Morgan fingerprint density at radius 1 is 1.03 bits per heavy atom. The van der Waals surface area contributed by atoms with E-state index < -0.39 is 15.9 Å². The van der Waals surface area contributed by atoms with Crippen LogP contribution in [0.15, 0.2) is 48.5 Å². The van der Waals surface area contributed by atoms with E-state index in [-0.39, 0.29) is 16.5 Å². The molecule has 0 saturated carbocycles. The minimum absolute atomic E-state index is 0.0485. The molecule has 0 bridgehead atoms. The molecule has 0 fully saturated rings. The van der Waals surface area contributed by atoms with E-state index in [0.717, 1.165) is 0 Å². The molecule has 0 spiro atoms. The number of thiocarbonyl (C=S) groups is 1. The Labute approximate surface area is 188 Å². The Morgan fingerprint density at radius 3 is 2.21 bits per heavy atom. The van der Waals surface area contributed by atoms with Crippen LogP contribution in [0.5, 0.6) is 5.75 Å². The molecule has 0 aliphatic heterocycles. The fourth-order valence-corrected chi connectivity index (χ4v) is 2.89. The molecular formula is C19H18Cl3N3O3S. The van der Waals surface area contributed by atoms with Crippen LogP contribution >= 0.6 is 47.0 Å². The summed E-state index contributed by atoms with van der Waals surface area (Å²) < 4.78 is 3.28. The van der Waals surface area contributed by atoms with Gasteiger partial charge in [-0.2, -0.15) is 0 Å². The lowest BCUT2D eigenvalue weighted by molar-refractivity contribution is 0.0930. The monoisotopic (exact) mass is 473 g/mol. The summed E-state index contributed by atoms with van der Waals surface area (Å²) in [6.45, 7) is 1.48. The van der Waals surface area contributed by atoms with Gasteiger partial charge in [-0.1, -0.05) is 46.9 Å². The van der Waals surface area contributed by atoms with Gasteiger partial charge in [-0.25, -0.2) is 0 Å². The second kappa shape index (κ2) is 10.1. The van der Waals surface area contributed by atoms with Gasteiger partial charge in [0, 0.05) is 11.3 Å². The number of amides is 1. The van der Waals surface area contributed by atoms with Crippen LogP contribution in [0.2, 0.25) is 0 Å². The number of hydrogen-bond acceptors (Lipinski definition) is 4. The third-order valence-corrected chi connectivity index (χ3v) is 4.65. The van der Waals surface area contributed by atoms with Crippen molar-refractivity contribution in [1.29, 1.82) is 0 Å². The van der Waals surface area contributed by atoms with Crippen molar-refractivity contribution in [2.45, 2.75) is 16.9 Å². The first-order chi connectivity index (χ1) is 13.6. The number of methoxy groups -OCH3 is 1. The normalized spacial score (nSPS) is 11.9. The number of nitrogens with one attached hydrogen (secondary N) is 3. The highest BCUT2D eigenvalue weighted by Gasteiger charge is 2.35. The number of benzene rings is 2. The third-order valence-electron chi connectivity index (χ3n) is 3.78. The second-order valence-electron chi connectivity index (χ2n) is 5.88. The molecule has 154 valence electrons. The Kier molecular flexibility index (Phi) is 8.10. The van der Waals surface area contributed by atoms with Crippen LogP contribution in [0, 0.1) is 0 Å². The predicted octanol–water partition coefficient (Wildman–Crippen LogP) is 4.31. The van der Waals surface area contributed by atoms with E-state index >= 15 is 0 Å². The maximum absolute atomic E-state index is 12.6. The van der Waals surface area contributed by atoms with Gasteiger partial charge in [0.1, 0.15) is 11.9 Å². The zero-order valence-electron chi connectivity index (χ0n) is 15.5. The largest absolute Gasteiger partial charge is 0.496 e. The molecule has 2 aromatic rings. The standard InChI is InChI=1S/C19H18Cl3N3O3S/c1-11(26)12-7-9-13(10-8-12)23-18(29)25-17(19(20,21)22)24-16(27)14-5-3-4-6-15(14)28-2/h3-10,17H,1-2H3,(H,24,27)(H2,23,25,29)/t17-/m1/s1. The Bertz CT molecular complexity index is 902. The third kappa shape index (κ3) is 6.75. The summed E-state index contributed by atoms with van der Waals surface area (Å²) >= 11 is 23.3. The van der Waals surface area contributed by atoms with Crippen LogP contribution in [-0.4, -0.2) is 33.9 Å². The molecule has 10 heteroatoms. The first kappa shape index (κ1) is 23.2. The zero-order valence-corrected chi connectivity index (χ0v) is 18.5. The molecule has 0 heterocycles. The first-order valence-corrected chi connectivity index (χ1v) is 9.85. The van der Waals surface area contributed by atoms with E-state index in [4.69, 9.17) is 51.8 Å². The van der Waals surface area contributed by atoms with Gasteiger partial charge in [-0.15, -0.1) is 0 Å². The highest BCUT2D eigenvalue weighted by atomic mass is 35.6. The Morgan fingerprint density at radius 2 is 1.66 bits per heavy atom. The summed E-state index contributed by atoms with van der Waals surface area (Å²) in [6, 6.07) is 13.3. The molecule has 0 radical (unpaired) electrons. The topological polar surface area (TPSA) is 79.5 Å². The highest BCUT2D eigenvalue weighted by molar-refractivity contribution is 7.80. The molecule has 2 rings (SSSR count). The molecule has 3 N–H and O–H groups in total. The van der Waals surface area contributed by atoms with Gasteiger partial charge >= 0.3 is 0 Å². The summed E-state index contributed by atoms with van der Waals surface area (Å²) in [5.74, 6) is -0.188. The molecule has 1 amide bonds. The van der Waals surface area contributed by atoms with Crippen LogP contribution in [0.3, 0.4) is 0 Å². The molecule has 6 nitrogen and oxygen atoms in total. The number of Topliss-reactive ketones (excluding diaryl/α,β-unsaturated/α-hetero) is 1. The molecule has 29 heavy (non-hydrogen) atoms. The summed E-state index contributed by atoms with van der Waals surface area (Å²) in [7, 11) is 1.45. The number of ketones is 1. The molecule has 0 aliphatic rings. The molecule has 2 aromatic carbocycles. The number of alkyl halides is 3. The average Bonchev–Trinajstić information content (AvgIpc) is 2.67. The van der Waals surface area contributed by atoms with Crippen molar-refractivity contribution >= 4 is 69.5 Å². The second-order valence-corrected chi connectivity index (χ2v) is 8.66. The Balaban J connectivity index is 2.09. The lowest BCUT2D eigenvalue weighted by Gasteiger charge is -2.28. The summed E-state index contributed by atoms with van der Waals surface area (Å²) in [4.78, 5) is 24.0. The quantitative estimate of drug-likeness (QED) is 0.251. The minimum Gasteiger partial charge on any atom is -0.496 e. The van der Waals surface area contributed by atoms with Crippen LogP contribution < -0.4 is 20.7 Å². The number of carbonyl (C=O) groups is 2. The van der Waals surface area contributed by atoms with Gasteiger partial charge in [0.25, 0.3) is 5.91 Å². The highest BCUT2D eigenvalue weighted by Crippen LogP contribution is 2.30. The van der Waals surface area contributed by atoms with Crippen LogP contribution in [-0.2, 0) is 0 Å². The van der Waals surface area contributed by atoms with Crippen molar-refractivity contribution < 1.29 is 14.3 Å². The van der Waals surface area contributed by atoms with E-state index in [1.54, 1.807) is 48.5 Å². The summed E-state index contributed by atoms with van der Waals surface area (Å²) in [5, 5.41) is 8.37. The van der Waals surface area contributed by atoms with Crippen molar-refractivity contribution in [3.63, 3.8) is 0 Å². The fourth-order valence-electron chi connectivity index (χ4n) is 2.33. The fraction of sp³-hybridized carbons (Fsp3) is 0.211. The van der Waals surface area contributed by atoms with E-state index in [1.165, 1.54) is 14.0 Å². The van der Waals surface area contributed by atoms with Crippen LogP contribution in [0.1, 0.15) is 27.6 Å². The lowest BCUT2D eigenvalue weighted by Crippen LogP contribution is -2.56. The van der Waals surface area contributed by atoms with E-state index in [9.17, 15) is 9.59 Å². The molecule has 0 aromatic heterocycles. The predicted molar refractivity (Wildman–Crippen MR) is 120 cm³/mol. The number of ether oxygens (including phenoxy) is 1. The smallest absolute Gasteiger partial charge is 0.256 e. The van der Waals surface area contributed by atoms with Gasteiger partial charge in [0.05, 0.1) is 12.7 Å². The maximum atomic E-state index is 12.6. The number of anilines is 1. The van der Waals surface area contributed by atoms with Gasteiger partial charge in [0.2, 0.25) is 3.79 Å². The van der Waals surface area contributed by atoms with E-state index in [2.05, 4.69) is 16.0 Å². The van der Waals surface area contributed by atoms with Crippen LogP contribution in [0.25, 0.3) is 0 Å². The maximum Gasteiger partial charge on any atom is 0.256 e. The van der Waals surface area contributed by atoms with Crippen LogP contribution in [0.4, 0.5) is 5.69 Å². The molecular weight excluding hydrogens is 457 g/mol. The number of para-hydroxylation sites is 1. The van der Waals surface area contributed by atoms with Crippen molar-refractivity contribution in [1.82, 2.24) is 10.6 Å². The van der Waals surface area contributed by atoms with Crippen molar-refractivity contribution in [2.24, 2.45) is 0 Å². The number of rotatable bonds is 6. The number of carbonyl (C=O) groups excluding carboxylic acids is 2. The molecule has 0 saturated heterocycles. The van der Waals surface area contributed by atoms with Crippen molar-refractivity contribution in [3.05, 3.63) is 59.7 Å². The number of hydrogen-bond donors (Lipinski definition) is 3. The van der Waals surface area contributed by atoms with Gasteiger partial charge in [-0.05, 0) is 55.5 Å². The summed E-state index contributed by atoms with van der Waals surface area (Å²) in [6.07, 6.45) is -1.14. The van der Waals surface area contributed by atoms with Gasteiger partial charge < -0.3 is 20.7 Å². The van der Waals surface area contributed by atoms with Crippen molar-refractivity contribution in [2.75, 3.05) is 12.4 Å². The minimum atomic E-state index is -1.90. The lowest BCUT2D eigenvalue weighted by atomic mass is 10.1. The Hall–Kier alpha value is -2.06. The molecule has 1 atom stereocenters. The average molecular weight is 475 g/mol. The number of halogens is 3. The van der Waals surface area contributed by atoms with E-state index in [0.29, 0.717) is 17.0 Å². The van der Waals surface area contributed by atoms with E-state index in [1.807, 2.05) is 0 Å². The van der Waals surface area contributed by atoms with Gasteiger partial charge in [-0.3, -0.25) is 9.59 Å². The first-order valence-electron chi connectivity index (χ1n) is 8.31. The van der Waals surface area contributed by atoms with Gasteiger partial charge in [0.15, 0.2) is 10.9 Å².